The molecule has 17 heavy (non-hydrogen) atoms. The van der Waals surface area contributed by atoms with E-state index < -0.39 is 0 Å². The molecular formula is C12H18Cl2N2O. The van der Waals surface area contributed by atoms with Crippen LogP contribution in [0.2, 0.25) is 0 Å². The summed E-state index contributed by atoms with van der Waals surface area (Å²) in [5.74, 6) is 0. The molecule has 0 saturated heterocycles. The van der Waals surface area contributed by atoms with E-state index in [1.807, 2.05) is 0 Å². The Morgan fingerprint density at radius 3 is 2.71 bits per heavy atom. The highest BCUT2D eigenvalue weighted by molar-refractivity contribution is 6.33. The summed E-state index contributed by atoms with van der Waals surface area (Å²) in [7, 11) is 0. The van der Waals surface area contributed by atoms with Gasteiger partial charge in [0.25, 0.3) is 0 Å². The highest BCUT2D eigenvalue weighted by Gasteiger charge is 2.45. The second kappa shape index (κ2) is 4.69. The molecule has 0 aromatic rings. The molecule has 2 fully saturated rings. The van der Waals surface area contributed by atoms with Crippen molar-refractivity contribution in [3.8, 4) is 0 Å². The fourth-order valence-electron chi connectivity index (χ4n) is 3.39. The zero-order valence-corrected chi connectivity index (χ0v) is 11.2. The summed E-state index contributed by atoms with van der Waals surface area (Å²) in [5, 5.41) is 11.9. The van der Waals surface area contributed by atoms with Gasteiger partial charge in [-0.3, -0.25) is 4.99 Å². The van der Waals surface area contributed by atoms with Crippen molar-refractivity contribution in [3.63, 3.8) is 0 Å². The number of hydrogen-bond acceptors (Lipinski definition) is 3. The summed E-state index contributed by atoms with van der Waals surface area (Å²) in [4.78, 5) is 4.79. The van der Waals surface area contributed by atoms with Crippen molar-refractivity contribution in [3.05, 3.63) is 0 Å². The van der Waals surface area contributed by atoms with Crippen LogP contribution >= 0.6 is 23.2 Å². The first-order valence-corrected chi connectivity index (χ1v) is 7.38. The van der Waals surface area contributed by atoms with Gasteiger partial charge in [0.05, 0.1) is 34.6 Å². The van der Waals surface area contributed by atoms with Crippen LogP contribution in [0.1, 0.15) is 38.5 Å². The third-order valence-corrected chi connectivity index (χ3v) is 5.22. The van der Waals surface area contributed by atoms with Gasteiger partial charge in [0.2, 0.25) is 0 Å². The van der Waals surface area contributed by atoms with E-state index in [2.05, 4.69) is 0 Å². The van der Waals surface area contributed by atoms with Crippen LogP contribution in [-0.4, -0.2) is 44.9 Å². The SMILES string of the molecule is ON1C2CCCC(Cl)C2=NC2C(Cl)CCCC21. The van der Waals surface area contributed by atoms with Gasteiger partial charge in [-0.1, -0.05) is 6.42 Å². The van der Waals surface area contributed by atoms with Crippen molar-refractivity contribution in [1.82, 2.24) is 5.06 Å². The molecule has 0 amide bonds. The van der Waals surface area contributed by atoms with Crippen LogP contribution < -0.4 is 0 Å². The molecule has 5 heteroatoms. The zero-order valence-electron chi connectivity index (χ0n) is 9.73. The van der Waals surface area contributed by atoms with E-state index in [9.17, 15) is 5.21 Å². The molecule has 5 atom stereocenters. The standard InChI is InChI=1S/C12H18Cl2N2O/c13-7-3-1-5-9-11(7)15-12-8(14)4-2-6-10(12)16(9)17/h7-11,17H,1-6H2. The monoisotopic (exact) mass is 276 g/mol. The first kappa shape index (κ1) is 12.2. The third kappa shape index (κ3) is 2.01. The Bertz CT molecular complexity index is 336. The Balaban J connectivity index is 1.93. The predicted molar refractivity (Wildman–Crippen MR) is 69.4 cm³/mol. The first-order valence-electron chi connectivity index (χ1n) is 6.51. The van der Waals surface area contributed by atoms with E-state index >= 15 is 0 Å². The lowest BCUT2D eigenvalue weighted by molar-refractivity contribution is -0.162. The molecule has 0 aromatic carbocycles. The lowest BCUT2D eigenvalue weighted by Gasteiger charge is -2.47. The molecule has 1 aliphatic heterocycles. The quantitative estimate of drug-likeness (QED) is 0.691. The summed E-state index contributed by atoms with van der Waals surface area (Å²) in [6, 6.07) is 0.164. The maximum absolute atomic E-state index is 10.4. The highest BCUT2D eigenvalue weighted by Crippen LogP contribution is 2.37. The van der Waals surface area contributed by atoms with Crippen LogP contribution in [0, 0.1) is 0 Å². The van der Waals surface area contributed by atoms with E-state index in [1.165, 1.54) is 5.06 Å². The average molecular weight is 277 g/mol. The van der Waals surface area contributed by atoms with E-state index in [1.54, 1.807) is 0 Å². The number of aliphatic imine (C=N–C) groups is 1. The molecule has 0 radical (unpaired) electrons. The Morgan fingerprint density at radius 1 is 1.12 bits per heavy atom. The summed E-state index contributed by atoms with van der Waals surface area (Å²) in [6.07, 6.45) is 6.06. The average Bonchev–Trinajstić information content (AvgIpc) is 2.32. The number of hydroxylamine groups is 2. The van der Waals surface area contributed by atoms with Crippen LogP contribution in [0.25, 0.3) is 0 Å². The molecule has 3 rings (SSSR count). The highest BCUT2D eigenvalue weighted by atomic mass is 35.5. The maximum atomic E-state index is 10.4. The normalized spacial score (nSPS) is 47.0. The Hall–Kier alpha value is 0.170. The minimum atomic E-state index is -0.0184. The molecule has 1 heterocycles. The molecule has 96 valence electrons. The fraction of sp³-hybridized carbons (Fsp3) is 0.917. The summed E-state index contributed by atoms with van der Waals surface area (Å²) in [6.45, 7) is 0. The van der Waals surface area contributed by atoms with Crippen LogP contribution in [-0.2, 0) is 0 Å². The van der Waals surface area contributed by atoms with Gasteiger partial charge in [0, 0.05) is 0 Å². The molecule has 3 aliphatic rings. The van der Waals surface area contributed by atoms with E-state index in [0.717, 1.165) is 44.2 Å². The largest absolute Gasteiger partial charge is 0.313 e. The molecule has 1 N–H and O–H groups in total. The fourth-order valence-corrected chi connectivity index (χ4v) is 4.13. The molecule has 2 saturated carbocycles. The lowest BCUT2D eigenvalue weighted by Crippen LogP contribution is -2.60. The molecule has 3 nitrogen and oxygen atoms in total. The Morgan fingerprint density at radius 2 is 1.88 bits per heavy atom. The minimum absolute atomic E-state index is 0.0184. The van der Waals surface area contributed by atoms with Gasteiger partial charge in [-0.15, -0.1) is 23.2 Å². The van der Waals surface area contributed by atoms with Crippen molar-refractivity contribution in [2.45, 2.75) is 67.4 Å². The van der Waals surface area contributed by atoms with Crippen molar-refractivity contribution >= 4 is 28.9 Å². The summed E-state index contributed by atoms with van der Waals surface area (Å²) >= 11 is 12.7. The van der Waals surface area contributed by atoms with Crippen molar-refractivity contribution in [2.24, 2.45) is 4.99 Å². The number of hydrogen-bond donors (Lipinski definition) is 1. The first-order chi connectivity index (χ1) is 8.18. The Labute approximate surface area is 112 Å². The van der Waals surface area contributed by atoms with Crippen LogP contribution in [0.4, 0.5) is 0 Å². The van der Waals surface area contributed by atoms with E-state index in [0.29, 0.717) is 0 Å². The minimum Gasteiger partial charge on any atom is -0.313 e. The van der Waals surface area contributed by atoms with Crippen molar-refractivity contribution < 1.29 is 5.21 Å². The van der Waals surface area contributed by atoms with Crippen molar-refractivity contribution in [1.29, 1.82) is 0 Å². The number of nitrogens with zero attached hydrogens (tertiary/aromatic N) is 2. The smallest absolute Gasteiger partial charge is 0.0842 e. The van der Waals surface area contributed by atoms with Crippen LogP contribution in [0.5, 0.6) is 0 Å². The molecule has 5 unspecified atom stereocenters. The molecule has 0 spiro atoms. The molecular weight excluding hydrogens is 259 g/mol. The van der Waals surface area contributed by atoms with E-state index in [-0.39, 0.29) is 28.9 Å². The van der Waals surface area contributed by atoms with Gasteiger partial charge in [-0.2, -0.15) is 5.06 Å². The van der Waals surface area contributed by atoms with Gasteiger partial charge in [0.15, 0.2) is 0 Å². The predicted octanol–water partition coefficient (Wildman–Crippen LogP) is 2.82. The summed E-state index contributed by atoms with van der Waals surface area (Å²) < 4.78 is 0. The second-order valence-electron chi connectivity index (χ2n) is 5.35. The van der Waals surface area contributed by atoms with Crippen molar-refractivity contribution in [2.75, 3.05) is 0 Å². The third-order valence-electron chi connectivity index (χ3n) is 4.30. The van der Waals surface area contributed by atoms with Gasteiger partial charge in [-0.25, -0.2) is 0 Å². The van der Waals surface area contributed by atoms with Gasteiger partial charge >= 0.3 is 0 Å². The van der Waals surface area contributed by atoms with Crippen LogP contribution in [0.3, 0.4) is 0 Å². The van der Waals surface area contributed by atoms with Gasteiger partial charge in [-0.05, 0) is 32.1 Å². The number of alkyl halides is 2. The second-order valence-corrected chi connectivity index (χ2v) is 6.44. The molecule has 2 aliphatic carbocycles. The Kier molecular flexibility index (Phi) is 3.37. The molecule has 0 bridgehead atoms. The molecule has 0 aromatic heterocycles. The topological polar surface area (TPSA) is 35.8 Å². The summed E-state index contributed by atoms with van der Waals surface area (Å²) in [5.41, 5.74) is 0.967. The van der Waals surface area contributed by atoms with E-state index in [4.69, 9.17) is 28.2 Å². The number of rotatable bonds is 0. The maximum Gasteiger partial charge on any atom is 0.0842 e. The number of halogens is 2. The van der Waals surface area contributed by atoms with Crippen LogP contribution in [0.15, 0.2) is 4.99 Å². The zero-order chi connectivity index (χ0) is 12.0. The lowest BCUT2D eigenvalue weighted by atomic mass is 9.83. The van der Waals surface area contributed by atoms with Gasteiger partial charge < -0.3 is 5.21 Å². The van der Waals surface area contributed by atoms with Gasteiger partial charge in [0.1, 0.15) is 0 Å². The number of fused-ring (bicyclic) bond motifs is 2.